The number of hydrogen-bond donors (Lipinski definition) is 12. The van der Waals surface area contributed by atoms with Gasteiger partial charge in [0.1, 0.15) is 73.2 Å². The van der Waals surface area contributed by atoms with Gasteiger partial charge in [0, 0.05) is 6.42 Å². The first-order valence-corrected chi connectivity index (χ1v) is 45.9. The van der Waals surface area contributed by atoms with Crippen LogP contribution >= 0.6 is 0 Å². The van der Waals surface area contributed by atoms with Gasteiger partial charge in [-0.25, -0.2) is 0 Å². The summed E-state index contributed by atoms with van der Waals surface area (Å²) in [6, 6.07) is -0.886. The highest BCUT2D eigenvalue weighted by atomic mass is 16.8. The van der Waals surface area contributed by atoms with E-state index in [4.69, 9.17) is 28.4 Å². The Bertz CT molecular complexity index is 1990. The van der Waals surface area contributed by atoms with E-state index in [9.17, 15) is 61.0 Å². The van der Waals surface area contributed by atoms with Crippen molar-refractivity contribution in [2.45, 2.75) is 523 Å². The van der Waals surface area contributed by atoms with Gasteiger partial charge in [-0.05, 0) is 38.5 Å². The van der Waals surface area contributed by atoms with Gasteiger partial charge in [0.05, 0.1) is 38.6 Å². The number of rotatable bonds is 76. The molecule has 0 aromatic heterocycles. The number of unbranched alkanes of at least 4 members (excludes halogenated alkanes) is 58. The molecule has 0 aromatic carbocycles. The number of carbonyl (C=O) groups excluding carboxylic acids is 1. The number of amides is 1. The zero-order valence-corrected chi connectivity index (χ0v) is 69.1. The van der Waals surface area contributed by atoms with Crippen molar-refractivity contribution in [1.29, 1.82) is 0 Å². The Kier molecular flexibility index (Phi) is 65.1. The topological polar surface area (TPSA) is 307 Å². The minimum Gasteiger partial charge on any atom is -0.394 e. The Labute approximate surface area is 658 Å². The van der Waals surface area contributed by atoms with Gasteiger partial charge >= 0.3 is 0 Å². The summed E-state index contributed by atoms with van der Waals surface area (Å²) in [4.78, 5) is 13.5. The van der Waals surface area contributed by atoms with Gasteiger partial charge < -0.3 is 89.9 Å². The quantitative estimate of drug-likeness (QED) is 0.0199. The number of carbonyl (C=O) groups is 1. The zero-order valence-electron chi connectivity index (χ0n) is 69.1. The van der Waals surface area contributed by atoms with Crippen LogP contribution in [0.1, 0.15) is 418 Å². The Morgan fingerprint density at radius 1 is 0.324 bits per heavy atom. The van der Waals surface area contributed by atoms with Crippen LogP contribution < -0.4 is 5.32 Å². The molecule has 3 saturated heterocycles. The number of aliphatic hydroxyl groups excluding tert-OH is 11. The average Bonchev–Trinajstić information content (AvgIpc) is 0.779. The fraction of sp³-hybridized carbons (Fsp3) is 0.966. The molecule has 17 unspecified atom stereocenters. The molecule has 3 rings (SSSR count). The first kappa shape index (κ1) is 101. The molecule has 640 valence electrons. The van der Waals surface area contributed by atoms with Crippen molar-refractivity contribution in [1.82, 2.24) is 5.32 Å². The highest BCUT2D eigenvalue weighted by Crippen LogP contribution is 2.34. The lowest BCUT2D eigenvalue weighted by molar-refractivity contribution is -0.379. The monoisotopic (exact) mass is 1540 g/mol. The predicted molar refractivity (Wildman–Crippen MR) is 434 cm³/mol. The molecule has 0 aromatic rings. The molecule has 3 aliphatic heterocycles. The summed E-state index contributed by atoms with van der Waals surface area (Å²) >= 11 is 0. The van der Waals surface area contributed by atoms with Crippen molar-refractivity contribution in [2.24, 2.45) is 0 Å². The third-order valence-electron chi connectivity index (χ3n) is 23.3. The first-order valence-electron chi connectivity index (χ1n) is 45.9. The Morgan fingerprint density at radius 3 is 0.898 bits per heavy atom. The lowest BCUT2D eigenvalue weighted by Crippen LogP contribution is -2.66. The fourth-order valence-electron chi connectivity index (χ4n) is 16.0. The molecule has 3 aliphatic rings. The molecule has 12 N–H and O–H groups in total. The molecule has 0 radical (unpaired) electrons. The minimum absolute atomic E-state index is 0.232. The maximum atomic E-state index is 13.5. The van der Waals surface area contributed by atoms with E-state index in [1.807, 2.05) is 0 Å². The summed E-state index contributed by atoms with van der Waals surface area (Å²) in [5.74, 6) is -0.232. The molecular weight excluding hydrogens is 1370 g/mol. The second-order valence-corrected chi connectivity index (χ2v) is 33.1. The van der Waals surface area contributed by atoms with Crippen LogP contribution in [0.5, 0.6) is 0 Å². The molecular formula is C89H171NO18. The molecule has 0 bridgehead atoms. The zero-order chi connectivity index (χ0) is 78.1. The van der Waals surface area contributed by atoms with Crippen molar-refractivity contribution in [3.8, 4) is 0 Å². The van der Waals surface area contributed by atoms with Crippen LogP contribution in [0, 0.1) is 0 Å². The third-order valence-corrected chi connectivity index (χ3v) is 23.3. The molecule has 3 heterocycles. The van der Waals surface area contributed by atoms with E-state index >= 15 is 0 Å². The molecule has 3 fully saturated rings. The van der Waals surface area contributed by atoms with Crippen LogP contribution in [-0.2, 0) is 33.2 Å². The van der Waals surface area contributed by atoms with Crippen LogP contribution in [0.25, 0.3) is 0 Å². The molecule has 19 heteroatoms. The Balaban J connectivity index is 1.31. The number of hydrogen-bond acceptors (Lipinski definition) is 18. The highest BCUT2D eigenvalue weighted by molar-refractivity contribution is 5.76. The van der Waals surface area contributed by atoms with Crippen LogP contribution in [-0.4, -0.2) is 193 Å². The number of nitrogens with one attached hydrogen (secondary N) is 1. The summed E-state index contributed by atoms with van der Waals surface area (Å²) in [5.41, 5.74) is 0. The minimum atomic E-state index is -1.97. The Hall–Kier alpha value is -1.47. The normalized spacial score (nSPS) is 25.4. The van der Waals surface area contributed by atoms with Gasteiger partial charge in [0.15, 0.2) is 18.9 Å². The summed E-state index contributed by atoms with van der Waals surface area (Å²) in [5, 5.41) is 121. The van der Waals surface area contributed by atoms with Gasteiger partial charge in [0.2, 0.25) is 5.91 Å². The molecule has 108 heavy (non-hydrogen) atoms. The molecule has 19 nitrogen and oxygen atoms in total. The van der Waals surface area contributed by atoms with Crippen molar-refractivity contribution in [3.05, 3.63) is 12.2 Å². The van der Waals surface area contributed by atoms with E-state index in [-0.39, 0.29) is 18.9 Å². The van der Waals surface area contributed by atoms with E-state index < -0.39 is 124 Å². The first-order chi connectivity index (χ1) is 52.8. The number of aliphatic hydroxyl groups is 11. The van der Waals surface area contributed by atoms with Gasteiger partial charge in [-0.3, -0.25) is 4.79 Å². The summed E-state index contributed by atoms with van der Waals surface area (Å²) in [6.07, 6.45) is 59.0. The maximum Gasteiger partial charge on any atom is 0.220 e. The Morgan fingerprint density at radius 2 is 0.583 bits per heavy atom. The molecule has 0 aliphatic carbocycles. The van der Waals surface area contributed by atoms with Crippen LogP contribution in [0.3, 0.4) is 0 Å². The van der Waals surface area contributed by atoms with Gasteiger partial charge in [0.25, 0.3) is 0 Å². The van der Waals surface area contributed by atoms with Gasteiger partial charge in [-0.2, -0.15) is 0 Å². The lowest BCUT2D eigenvalue weighted by atomic mass is 9.96. The standard InChI is InChI=1S/C89H171NO18/c1-3-5-7-9-11-13-15-17-19-21-23-25-27-29-31-33-35-37-38-40-42-44-46-48-50-52-54-56-58-60-62-64-66-73(94)72(90-77(95)67-65-63-61-59-57-55-53-51-49-47-45-43-41-39-36-34-32-30-28-26-24-22-20-18-16-14-12-10-8-6-4-2)71-103-87-83(101)80(98)85(75(69-92)105-87)108-89-84(102)81(99)86(76(70-93)106-89)107-88-82(100)79(97)78(96)74(68-91)104-88/h22,24,72-76,78-89,91-94,96-102H,3-21,23,25-71H2,1-2H3,(H,90,95)/b24-22-. The lowest BCUT2D eigenvalue weighted by Gasteiger charge is -2.48. The van der Waals surface area contributed by atoms with Crippen molar-refractivity contribution in [2.75, 3.05) is 26.4 Å². The second-order valence-electron chi connectivity index (χ2n) is 33.1. The summed E-state index contributed by atoms with van der Waals surface area (Å²) in [6.45, 7) is 1.88. The fourth-order valence-corrected chi connectivity index (χ4v) is 16.0. The van der Waals surface area contributed by atoms with E-state index in [1.165, 1.54) is 340 Å². The predicted octanol–water partition coefficient (Wildman–Crippen LogP) is 17.5. The number of allylic oxidation sites excluding steroid dienone is 2. The molecule has 17 atom stereocenters. The van der Waals surface area contributed by atoms with Gasteiger partial charge in [-0.1, -0.05) is 386 Å². The number of ether oxygens (including phenoxy) is 6. The van der Waals surface area contributed by atoms with E-state index in [0.717, 1.165) is 44.9 Å². The second kappa shape index (κ2) is 69.8. The van der Waals surface area contributed by atoms with E-state index in [2.05, 4.69) is 31.3 Å². The van der Waals surface area contributed by atoms with Crippen LogP contribution in [0.2, 0.25) is 0 Å². The van der Waals surface area contributed by atoms with Crippen molar-refractivity contribution >= 4 is 5.91 Å². The van der Waals surface area contributed by atoms with E-state index in [1.54, 1.807) is 0 Å². The largest absolute Gasteiger partial charge is 0.394 e. The smallest absolute Gasteiger partial charge is 0.220 e. The molecule has 1 amide bonds. The summed E-state index contributed by atoms with van der Waals surface area (Å²) in [7, 11) is 0. The van der Waals surface area contributed by atoms with Crippen LogP contribution in [0.4, 0.5) is 0 Å². The van der Waals surface area contributed by atoms with Crippen molar-refractivity contribution < 1.29 is 89.4 Å². The molecule has 0 spiro atoms. The molecule has 0 saturated carbocycles. The van der Waals surface area contributed by atoms with E-state index in [0.29, 0.717) is 12.8 Å². The third kappa shape index (κ3) is 48.2. The SMILES string of the molecule is CCCCCCCCCC/C=C\CCCCCCCCCCCCCCCCCCCCCC(=O)NC(COC1OC(CO)C(OC2OC(CO)C(OC3OC(CO)C(O)C(O)C3O)C(O)C2O)C(O)C1O)C(O)CCCCCCCCCCCCCCCCCCCCCCCCCCCCCCCCCC. The van der Waals surface area contributed by atoms with Gasteiger partial charge in [-0.15, -0.1) is 0 Å². The maximum absolute atomic E-state index is 13.5. The van der Waals surface area contributed by atoms with Crippen LogP contribution in [0.15, 0.2) is 12.2 Å². The van der Waals surface area contributed by atoms with Crippen molar-refractivity contribution in [3.63, 3.8) is 0 Å². The summed E-state index contributed by atoms with van der Waals surface area (Å²) < 4.78 is 34.6. The highest BCUT2D eigenvalue weighted by Gasteiger charge is 2.54. The average molecular weight is 1540 g/mol.